The third kappa shape index (κ3) is 21.1. The molecule has 2 saturated heterocycles. The zero-order chi connectivity index (χ0) is 59.3. The largest absolute Gasteiger partial charge is 0.508 e. The number of β-amino-alcohol motifs (C(OH)–C–C–N with tert-alkyl or cyclic N) is 1. The van der Waals surface area contributed by atoms with E-state index in [1.54, 1.807) is 0 Å². The maximum Gasteiger partial charge on any atom is 0.248 e. The fourth-order valence-corrected chi connectivity index (χ4v) is 9.82. The molecule has 0 bridgehead atoms. The minimum atomic E-state index is -2.36. The predicted octanol–water partition coefficient (Wildman–Crippen LogP) is -3.15. The van der Waals surface area contributed by atoms with Gasteiger partial charge in [-0.05, 0) is 69.6 Å². The Morgan fingerprint density at radius 1 is 0.709 bits per heavy atom. The van der Waals surface area contributed by atoms with Crippen molar-refractivity contribution in [1.29, 1.82) is 0 Å². The van der Waals surface area contributed by atoms with Gasteiger partial charge in [0.25, 0.3) is 0 Å². The van der Waals surface area contributed by atoms with E-state index in [9.17, 15) is 79.2 Å². The summed E-state index contributed by atoms with van der Waals surface area (Å²) in [5, 5.41) is 102. The van der Waals surface area contributed by atoms with Crippen molar-refractivity contribution in [1.82, 2.24) is 41.7 Å². The number of carbonyl (C=O) groups excluding carboxylic acids is 8. The van der Waals surface area contributed by atoms with E-state index in [1.165, 1.54) is 52.2 Å². The normalized spacial score (nSPS) is 21.9. The summed E-state index contributed by atoms with van der Waals surface area (Å²) in [6.45, 7) is 10.0. The number of benzene rings is 1. The predicted molar refractivity (Wildman–Crippen MR) is 287 cm³/mol. The van der Waals surface area contributed by atoms with Gasteiger partial charge in [-0.2, -0.15) is 0 Å². The Hall–Kier alpha value is -5.58. The minimum absolute atomic E-state index is 0.109. The van der Waals surface area contributed by atoms with Gasteiger partial charge in [-0.1, -0.05) is 77.8 Å². The Morgan fingerprint density at radius 3 is 1.91 bits per heavy atom. The first-order valence-electron chi connectivity index (χ1n) is 27.6. The first-order valence-corrected chi connectivity index (χ1v) is 27.6. The van der Waals surface area contributed by atoms with Crippen molar-refractivity contribution in [2.24, 2.45) is 23.3 Å². The van der Waals surface area contributed by atoms with Crippen molar-refractivity contribution in [3.05, 3.63) is 29.8 Å². The van der Waals surface area contributed by atoms with Crippen LogP contribution in [0.4, 0.5) is 0 Å². The van der Waals surface area contributed by atoms with Crippen LogP contribution in [-0.4, -0.2) is 203 Å². The highest BCUT2D eigenvalue weighted by Gasteiger charge is 2.48. The van der Waals surface area contributed by atoms with Crippen LogP contribution in [-0.2, 0) is 38.4 Å². The lowest BCUT2D eigenvalue weighted by atomic mass is 9.91. The van der Waals surface area contributed by atoms with Gasteiger partial charge in [0.05, 0.1) is 36.9 Å². The molecule has 8 amide bonds. The van der Waals surface area contributed by atoms with Crippen LogP contribution in [0, 0.1) is 11.8 Å². The average Bonchev–Trinajstić information content (AvgIpc) is 3.99. The summed E-state index contributed by atoms with van der Waals surface area (Å²) >= 11 is 0. The van der Waals surface area contributed by atoms with Crippen LogP contribution in [0.2, 0.25) is 0 Å². The second-order valence-corrected chi connectivity index (χ2v) is 21.5. The molecule has 3 rings (SSSR count). The number of unbranched alkanes of at least 4 members (excludes halogenated alkanes) is 5. The second-order valence-electron chi connectivity index (χ2n) is 21.5. The smallest absolute Gasteiger partial charge is 0.248 e. The van der Waals surface area contributed by atoms with E-state index >= 15 is 0 Å². The molecule has 1 aromatic carbocycles. The molecule has 2 aliphatic heterocycles. The topological polar surface area (TPSA) is 429 Å². The number of nitrogens with zero attached hydrogens (tertiary/aromatic N) is 2. The van der Waals surface area contributed by atoms with Crippen molar-refractivity contribution < 1.29 is 79.2 Å². The molecule has 448 valence electrons. The maximum atomic E-state index is 14.5. The molecular formula is C53H90N10O16. The van der Waals surface area contributed by atoms with Crippen LogP contribution < -0.4 is 43.4 Å². The molecule has 0 aliphatic carbocycles. The van der Waals surface area contributed by atoms with Crippen LogP contribution in [0.3, 0.4) is 0 Å². The van der Waals surface area contributed by atoms with Gasteiger partial charge in [0.15, 0.2) is 0 Å². The summed E-state index contributed by atoms with van der Waals surface area (Å²) in [4.78, 5) is 111. The van der Waals surface area contributed by atoms with Crippen molar-refractivity contribution in [2.45, 2.75) is 210 Å². The van der Waals surface area contributed by atoms with Gasteiger partial charge >= 0.3 is 0 Å². The number of aromatic hydroxyl groups is 1. The number of aliphatic hydroxyl groups is 7. The number of phenolic OH excluding ortho intramolecular Hbond substituents is 1. The van der Waals surface area contributed by atoms with Crippen LogP contribution >= 0.6 is 0 Å². The maximum absolute atomic E-state index is 14.5. The molecule has 0 saturated carbocycles. The highest BCUT2D eigenvalue weighted by Crippen LogP contribution is 2.26. The number of phenols is 1. The molecule has 16 atom stereocenters. The van der Waals surface area contributed by atoms with Crippen LogP contribution in [0.1, 0.15) is 137 Å². The third-order valence-corrected chi connectivity index (χ3v) is 14.6. The van der Waals surface area contributed by atoms with Crippen molar-refractivity contribution in [2.75, 3.05) is 26.2 Å². The lowest BCUT2D eigenvalue weighted by Crippen LogP contribution is -2.65. The van der Waals surface area contributed by atoms with E-state index in [4.69, 9.17) is 11.5 Å². The Kier molecular flexibility index (Phi) is 28.5. The molecule has 0 spiro atoms. The Bertz CT molecular complexity index is 2140. The molecule has 0 aromatic heterocycles. The lowest BCUT2D eigenvalue weighted by molar-refractivity contribution is -0.148. The van der Waals surface area contributed by atoms with E-state index in [0.29, 0.717) is 12.3 Å². The fourth-order valence-electron chi connectivity index (χ4n) is 9.82. The number of hydrogen-bond acceptors (Lipinski definition) is 18. The Labute approximate surface area is 462 Å². The molecular weight excluding hydrogens is 1030 g/mol. The molecule has 2 fully saturated rings. The summed E-state index contributed by atoms with van der Waals surface area (Å²) in [6, 6.07) is -6.25. The summed E-state index contributed by atoms with van der Waals surface area (Å²) in [7, 11) is 0. The highest BCUT2D eigenvalue weighted by molar-refractivity contribution is 5.98. The first-order chi connectivity index (χ1) is 37.2. The number of likely N-dealkylation sites (tertiary alicyclic amines) is 2. The number of amides is 8. The van der Waals surface area contributed by atoms with Gasteiger partial charge in [-0.15, -0.1) is 0 Å². The third-order valence-electron chi connectivity index (χ3n) is 14.6. The first kappa shape index (κ1) is 67.7. The molecule has 2 heterocycles. The van der Waals surface area contributed by atoms with Crippen LogP contribution in [0.5, 0.6) is 5.75 Å². The van der Waals surface area contributed by atoms with Gasteiger partial charge in [-0.25, -0.2) is 0 Å². The van der Waals surface area contributed by atoms with E-state index in [-0.39, 0.29) is 43.8 Å². The number of aliphatic hydroxyl groups excluding tert-OH is 7. The molecule has 26 nitrogen and oxygen atoms in total. The zero-order valence-electron chi connectivity index (χ0n) is 46.5. The number of rotatable bonds is 34. The summed E-state index contributed by atoms with van der Waals surface area (Å²) in [5.74, 6) is -7.33. The minimum Gasteiger partial charge on any atom is -0.508 e. The number of nitrogens with two attached hydrogens (primary N) is 2. The van der Waals surface area contributed by atoms with Gasteiger partial charge in [0, 0.05) is 39.0 Å². The summed E-state index contributed by atoms with van der Waals surface area (Å²) < 4.78 is 0. The lowest BCUT2D eigenvalue weighted by Gasteiger charge is -2.35. The highest BCUT2D eigenvalue weighted by atomic mass is 16.3. The molecule has 18 N–H and O–H groups in total. The van der Waals surface area contributed by atoms with Crippen molar-refractivity contribution >= 4 is 47.3 Å². The number of carbonyl (C=O) groups is 8. The number of primary amides is 1. The Morgan fingerprint density at radius 2 is 1.32 bits per heavy atom. The SMILES string of the molecule is CCC(C)CC(C)CCCCCCCCC(=O)N[C@@H](C)C(=O)N[C@H](C(=O)N1C[C@H](O)C[C@H]1C(=O)N[C@H](C(=O)N[C@H](C(=O)N1CC[C@H](O)[C@H]1C(=O)N[C@H](NCCN)[C@@H](C)O)[C@H](O)CC(N)=O)[C@H](O)[C@@H](O)c1ccc(O)cc1)[C@@H](C)O. The van der Waals surface area contributed by atoms with Crippen molar-refractivity contribution in [3.63, 3.8) is 0 Å². The standard InChI is InChI=1S/C53H90N10O16/c1-7-28(2)24-29(3)14-12-10-8-9-11-13-15-40(71)57-30(4)48(74)58-41(31(5)64)52(78)63-27-35(67)25-36(63)49(75)60-43(46(73)45(72)33-16-18-34(66)19-17-33)50(76)59-42(38(69)26-39(55)70)53(79)62-23-20-37(68)44(62)51(77)61-47(32(6)65)56-22-21-54/h16-19,28-32,35-38,41-47,56,64-69,72-73H,7-15,20-27,54H2,1-6H3,(H2,55,70)(H,57,71)(H,58,74)(H,59,76)(H,60,75)(H,61,77)/t28?,29?,30-,31+,32+,35+,36-,37-,38+,41-,42-,43-,44-,45-,46-,47-/m0/s1. The van der Waals surface area contributed by atoms with Gasteiger partial charge in [-0.3, -0.25) is 43.7 Å². The van der Waals surface area contributed by atoms with E-state index < -0.39 is 152 Å². The van der Waals surface area contributed by atoms with E-state index in [0.717, 1.165) is 60.0 Å². The summed E-state index contributed by atoms with van der Waals surface area (Å²) in [5.41, 5.74) is 10.8. The number of nitrogens with one attached hydrogen (secondary N) is 6. The van der Waals surface area contributed by atoms with Gasteiger partial charge < -0.3 is 88.7 Å². The van der Waals surface area contributed by atoms with Crippen LogP contribution in [0.15, 0.2) is 24.3 Å². The number of hydrogen-bond donors (Lipinski definition) is 16. The van der Waals surface area contributed by atoms with E-state index in [2.05, 4.69) is 52.7 Å². The fraction of sp³-hybridized carbons (Fsp3) is 0.736. The molecule has 79 heavy (non-hydrogen) atoms. The van der Waals surface area contributed by atoms with E-state index in [1.807, 2.05) is 0 Å². The zero-order valence-corrected chi connectivity index (χ0v) is 46.5. The van der Waals surface area contributed by atoms with Crippen LogP contribution in [0.25, 0.3) is 0 Å². The molecule has 0 radical (unpaired) electrons. The molecule has 26 heteroatoms. The molecule has 2 unspecified atom stereocenters. The van der Waals surface area contributed by atoms with Crippen molar-refractivity contribution in [3.8, 4) is 5.75 Å². The quantitative estimate of drug-likeness (QED) is 0.0239. The van der Waals surface area contributed by atoms with Gasteiger partial charge in [0.2, 0.25) is 47.3 Å². The monoisotopic (exact) mass is 1120 g/mol. The summed E-state index contributed by atoms with van der Waals surface area (Å²) in [6.07, 6.45) is -5.64. The Balaban J connectivity index is 1.83. The second kappa shape index (κ2) is 33.2. The molecule has 1 aromatic rings. The average molecular weight is 1120 g/mol. The van der Waals surface area contributed by atoms with Gasteiger partial charge in [0.1, 0.15) is 60.4 Å². The molecule has 2 aliphatic rings.